The van der Waals surface area contributed by atoms with Crippen LogP contribution in [0.4, 0.5) is 5.88 Å². The summed E-state index contributed by atoms with van der Waals surface area (Å²) in [6.07, 6.45) is 7.00. The Morgan fingerprint density at radius 3 is 2.95 bits per heavy atom. The van der Waals surface area contributed by atoms with Crippen molar-refractivity contribution in [3.63, 3.8) is 0 Å². The van der Waals surface area contributed by atoms with Gasteiger partial charge in [-0.05, 0) is 31.0 Å². The van der Waals surface area contributed by atoms with Gasteiger partial charge in [-0.25, -0.2) is 5.43 Å². The average Bonchev–Trinajstić information content (AvgIpc) is 3.19. The summed E-state index contributed by atoms with van der Waals surface area (Å²) in [4.78, 5) is 17.8. The predicted octanol–water partition coefficient (Wildman–Crippen LogP) is 2.04. The van der Waals surface area contributed by atoms with Crippen molar-refractivity contribution in [1.29, 1.82) is 0 Å². The van der Waals surface area contributed by atoms with E-state index >= 15 is 0 Å². The molecule has 0 aliphatic carbocycles. The Morgan fingerprint density at radius 2 is 2.19 bits per heavy atom. The van der Waals surface area contributed by atoms with Gasteiger partial charge in [0.2, 0.25) is 0 Å². The molecular weight excluding hydrogens is 268 g/mol. The first-order valence-corrected chi connectivity index (χ1v) is 6.91. The van der Waals surface area contributed by atoms with E-state index in [1.807, 2.05) is 12.1 Å². The molecule has 108 valence electrons. The number of rotatable bonds is 4. The van der Waals surface area contributed by atoms with Gasteiger partial charge in [0.1, 0.15) is 5.76 Å². The van der Waals surface area contributed by atoms with Crippen LogP contribution in [-0.4, -0.2) is 30.2 Å². The third-order valence-corrected chi connectivity index (χ3v) is 3.31. The first-order valence-electron chi connectivity index (χ1n) is 6.91. The first kappa shape index (κ1) is 13.4. The predicted molar refractivity (Wildman–Crippen MR) is 79.5 cm³/mol. The Balaban J connectivity index is 1.58. The molecule has 3 heterocycles. The lowest BCUT2D eigenvalue weighted by Crippen LogP contribution is -2.17. The summed E-state index contributed by atoms with van der Waals surface area (Å²) in [5.74, 6) is 1.17. The zero-order chi connectivity index (χ0) is 14.5. The van der Waals surface area contributed by atoms with E-state index in [0.717, 1.165) is 19.0 Å². The van der Waals surface area contributed by atoms with E-state index in [1.165, 1.54) is 25.3 Å². The summed E-state index contributed by atoms with van der Waals surface area (Å²) < 4.78 is 5.67. The highest BCUT2D eigenvalue weighted by Gasteiger charge is 2.15. The first-order chi connectivity index (χ1) is 10.3. The minimum absolute atomic E-state index is 0.300. The smallest absolute Gasteiger partial charge is 0.272 e. The fraction of sp³-hybridized carbons (Fsp3) is 0.267. The molecule has 21 heavy (non-hydrogen) atoms. The van der Waals surface area contributed by atoms with Gasteiger partial charge >= 0.3 is 0 Å². The van der Waals surface area contributed by atoms with Crippen molar-refractivity contribution < 1.29 is 9.21 Å². The average molecular weight is 284 g/mol. The van der Waals surface area contributed by atoms with Gasteiger partial charge in [-0.15, -0.1) is 0 Å². The number of nitrogens with one attached hydrogen (secondary N) is 1. The fourth-order valence-electron chi connectivity index (χ4n) is 2.24. The Bertz CT molecular complexity index is 630. The molecule has 0 radical (unpaired) electrons. The molecule has 0 unspecified atom stereocenters. The standard InChI is InChI=1S/C15H16N4O2/c20-15(12-4-3-7-16-10-12)18-17-11-13-5-6-14(21-13)19-8-1-2-9-19/h3-7,10-11H,1-2,8-9H2,(H,18,20)/b17-11-. The third-order valence-electron chi connectivity index (χ3n) is 3.31. The lowest BCUT2D eigenvalue weighted by atomic mass is 10.3. The van der Waals surface area contributed by atoms with Crippen molar-refractivity contribution in [2.45, 2.75) is 12.8 Å². The number of nitrogens with zero attached hydrogens (tertiary/aromatic N) is 3. The highest BCUT2D eigenvalue weighted by molar-refractivity contribution is 5.94. The van der Waals surface area contributed by atoms with Gasteiger partial charge in [0.15, 0.2) is 5.88 Å². The molecule has 2 aromatic rings. The lowest BCUT2D eigenvalue weighted by molar-refractivity contribution is 0.0955. The number of hydrogen-bond donors (Lipinski definition) is 1. The van der Waals surface area contributed by atoms with Crippen molar-refractivity contribution in [2.75, 3.05) is 18.0 Å². The second kappa shape index (κ2) is 6.21. The largest absolute Gasteiger partial charge is 0.440 e. The van der Waals surface area contributed by atoms with Gasteiger partial charge < -0.3 is 9.32 Å². The molecule has 0 aromatic carbocycles. The number of anilines is 1. The lowest BCUT2D eigenvalue weighted by Gasteiger charge is -2.12. The fourth-order valence-corrected chi connectivity index (χ4v) is 2.24. The van der Waals surface area contributed by atoms with Crippen molar-refractivity contribution in [3.8, 4) is 0 Å². The zero-order valence-corrected chi connectivity index (χ0v) is 11.5. The molecular formula is C15H16N4O2. The second-order valence-corrected chi connectivity index (χ2v) is 4.81. The zero-order valence-electron chi connectivity index (χ0n) is 11.5. The molecule has 0 atom stereocenters. The number of amides is 1. The second-order valence-electron chi connectivity index (χ2n) is 4.81. The summed E-state index contributed by atoms with van der Waals surface area (Å²) in [7, 11) is 0. The summed E-state index contributed by atoms with van der Waals surface area (Å²) in [5, 5.41) is 3.89. The van der Waals surface area contributed by atoms with Crippen LogP contribution in [0.3, 0.4) is 0 Å². The number of carbonyl (C=O) groups excluding carboxylic acids is 1. The van der Waals surface area contributed by atoms with E-state index in [9.17, 15) is 4.79 Å². The van der Waals surface area contributed by atoms with E-state index in [1.54, 1.807) is 18.3 Å². The number of furan rings is 1. The van der Waals surface area contributed by atoms with Gasteiger partial charge in [0.05, 0.1) is 11.8 Å². The molecule has 6 heteroatoms. The number of pyridine rings is 1. The molecule has 1 amide bonds. The Kier molecular flexibility index (Phi) is 3.95. The number of hydrazone groups is 1. The van der Waals surface area contributed by atoms with Crippen LogP contribution < -0.4 is 10.3 Å². The SMILES string of the molecule is O=C(N/N=C\c1ccc(N2CCCC2)o1)c1cccnc1. The van der Waals surface area contributed by atoms with Crippen LogP contribution in [0.1, 0.15) is 29.0 Å². The monoisotopic (exact) mass is 284 g/mol. The van der Waals surface area contributed by atoms with Gasteiger partial charge in [-0.2, -0.15) is 5.10 Å². The van der Waals surface area contributed by atoms with Crippen LogP contribution in [0, 0.1) is 0 Å². The minimum atomic E-state index is -0.300. The quantitative estimate of drug-likeness (QED) is 0.689. The van der Waals surface area contributed by atoms with E-state index in [-0.39, 0.29) is 5.91 Å². The summed E-state index contributed by atoms with van der Waals surface area (Å²) >= 11 is 0. The molecule has 6 nitrogen and oxygen atoms in total. The molecule has 0 spiro atoms. The van der Waals surface area contributed by atoms with E-state index < -0.39 is 0 Å². The van der Waals surface area contributed by atoms with E-state index in [2.05, 4.69) is 20.4 Å². The third kappa shape index (κ3) is 3.28. The molecule has 1 N–H and O–H groups in total. The summed E-state index contributed by atoms with van der Waals surface area (Å²) in [6.45, 7) is 2.06. The normalized spacial score (nSPS) is 14.8. The number of aromatic nitrogens is 1. The van der Waals surface area contributed by atoms with Crippen LogP contribution in [0.25, 0.3) is 0 Å². The molecule has 2 aromatic heterocycles. The summed E-state index contributed by atoms with van der Waals surface area (Å²) in [5.41, 5.74) is 2.91. The Morgan fingerprint density at radius 1 is 1.33 bits per heavy atom. The maximum atomic E-state index is 11.7. The van der Waals surface area contributed by atoms with Crippen molar-refractivity contribution >= 4 is 18.0 Å². The van der Waals surface area contributed by atoms with Crippen LogP contribution in [0.15, 0.2) is 46.2 Å². The van der Waals surface area contributed by atoms with Crippen LogP contribution in [0.2, 0.25) is 0 Å². The van der Waals surface area contributed by atoms with Crippen LogP contribution >= 0.6 is 0 Å². The van der Waals surface area contributed by atoms with Gasteiger partial charge in [-0.1, -0.05) is 0 Å². The highest BCUT2D eigenvalue weighted by atomic mass is 16.4. The van der Waals surface area contributed by atoms with Crippen LogP contribution in [0.5, 0.6) is 0 Å². The molecule has 1 saturated heterocycles. The maximum Gasteiger partial charge on any atom is 0.272 e. The van der Waals surface area contributed by atoms with Gasteiger partial charge in [-0.3, -0.25) is 9.78 Å². The molecule has 1 aliphatic rings. The summed E-state index contributed by atoms with van der Waals surface area (Å²) in [6, 6.07) is 7.15. The Hall–Kier alpha value is -2.63. The Labute approximate surface area is 122 Å². The maximum absolute atomic E-state index is 11.7. The molecule has 1 fully saturated rings. The molecule has 1 aliphatic heterocycles. The van der Waals surface area contributed by atoms with Crippen molar-refractivity contribution in [1.82, 2.24) is 10.4 Å². The van der Waals surface area contributed by atoms with Crippen molar-refractivity contribution in [2.24, 2.45) is 5.10 Å². The number of hydrogen-bond acceptors (Lipinski definition) is 5. The molecule has 3 rings (SSSR count). The minimum Gasteiger partial charge on any atom is -0.440 e. The van der Waals surface area contributed by atoms with Crippen LogP contribution in [-0.2, 0) is 0 Å². The van der Waals surface area contributed by atoms with Gasteiger partial charge in [0, 0.05) is 31.5 Å². The van der Waals surface area contributed by atoms with Gasteiger partial charge in [0.25, 0.3) is 5.91 Å². The number of carbonyl (C=O) groups is 1. The van der Waals surface area contributed by atoms with Crippen molar-refractivity contribution in [3.05, 3.63) is 48.0 Å². The molecule has 0 bridgehead atoms. The van der Waals surface area contributed by atoms with E-state index in [0.29, 0.717) is 11.3 Å². The molecule has 0 saturated carbocycles. The topological polar surface area (TPSA) is 70.7 Å². The van der Waals surface area contributed by atoms with E-state index in [4.69, 9.17) is 4.42 Å². The highest BCUT2D eigenvalue weighted by Crippen LogP contribution is 2.21.